The lowest BCUT2D eigenvalue weighted by Crippen LogP contribution is -2.17. The maximum atomic E-state index is 5.86. The van der Waals surface area contributed by atoms with Crippen LogP contribution in [0.25, 0.3) is 0 Å². The fourth-order valence-electron chi connectivity index (χ4n) is 2.78. The van der Waals surface area contributed by atoms with Crippen molar-refractivity contribution >= 4 is 5.95 Å². The number of aryl methyl sites for hydroxylation is 2. The van der Waals surface area contributed by atoms with Crippen LogP contribution in [0, 0.1) is 6.92 Å². The molecular weight excluding hydrogens is 266 g/mol. The van der Waals surface area contributed by atoms with Crippen molar-refractivity contribution in [3.05, 3.63) is 11.9 Å². The number of ether oxygens (including phenoxy) is 2. The number of hydrogen-bond donors (Lipinski definition) is 1. The first kappa shape index (κ1) is 16.3. The molecule has 0 amide bonds. The molecule has 120 valence electrons. The van der Waals surface area contributed by atoms with Crippen LogP contribution in [0.1, 0.15) is 44.7 Å². The molecule has 0 unspecified atom stereocenters. The Morgan fingerprint density at radius 3 is 2.90 bits per heavy atom. The average molecular weight is 295 g/mol. The zero-order valence-corrected chi connectivity index (χ0v) is 13.4. The Morgan fingerprint density at radius 2 is 2.14 bits per heavy atom. The van der Waals surface area contributed by atoms with Gasteiger partial charge in [-0.25, -0.2) is 4.98 Å². The first-order valence-electron chi connectivity index (χ1n) is 8.26. The molecule has 0 spiro atoms. The third-order valence-electron chi connectivity index (χ3n) is 3.83. The molecule has 5 nitrogen and oxygen atoms in total. The Morgan fingerprint density at radius 1 is 1.33 bits per heavy atom. The molecule has 0 bridgehead atoms. The van der Waals surface area contributed by atoms with Gasteiger partial charge in [0.2, 0.25) is 5.95 Å². The number of aromatic nitrogens is 2. The SMILES string of the molecule is CCOCCCn1cc(C)nc1NCCOC1CCCC1. The normalized spacial score (nSPS) is 15.7. The minimum Gasteiger partial charge on any atom is -0.382 e. The van der Waals surface area contributed by atoms with Crippen molar-refractivity contribution in [3.63, 3.8) is 0 Å². The summed E-state index contributed by atoms with van der Waals surface area (Å²) in [6, 6.07) is 0. The van der Waals surface area contributed by atoms with Crippen LogP contribution in [0.5, 0.6) is 0 Å². The van der Waals surface area contributed by atoms with Crippen molar-refractivity contribution in [1.29, 1.82) is 0 Å². The summed E-state index contributed by atoms with van der Waals surface area (Å²) < 4.78 is 13.4. The lowest BCUT2D eigenvalue weighted by atomic mass is 10.3. The summed E-state index contributed by atoms with van der Waals surface area (Å²) in [7, 11) is 0. The number of nitrogens with one attached hydrogen (secondary N) is 1. The van der Waals surface area contributed by atoms with Crippen LogP contribution in [0.15, 0.2) is 6.20 Å². The van der Waals surface area contributed by atoms with Crippen molar-refractivity contribution in [2.75, 3.05) is 31.7 Å². The fraction of sp³-hybridized carbons (Fsp3) is 0.812. The molecule has 0 saturated heterocycles. The minimum atomic E-state index is 0.486. The van der Waals surface area contributed by atoms with Gasteiger partial charge in [0.25, 0.3) is 0 Å². The van der Waals surface area contributed by atoms with Crippen molar-refractivity contribution < 1.29 is 9.47 Å². The molecule has 1 fully saturated rings. The maximum absolute atomic E-state index is 5.86. The number of imidazole rings is 1. The van der Waals surface area contributed by atoms with Crippen LogP contribution < -0.4 is 5.32 Å². The second-order valence-electron chi connectivity index (χ2n) is 5.65. The largest absolute Gasteiger partial charge is 0.382 e. The van der Waals surface area contributed by atoms with Gasteiger partial charge in [-0.05, 0) is 33.1 Å². The van der Waals surface area contributed by atoms with Crippen LogP contribution in [-0.4, -0.2) is 42.0 Å². The van der Waals surface area contributed by atoms with Crippen molar-refractivity contribution in [2.45, 2.75) is 58.6 Å². The fourth-order valence-corrected chi connectivity index (χ4v) is 2.78. The van der Waals surface area contributed by atoms with E-state index in [1.807, 2.05) is 13.8 Å². The molecule has 0 atom stereocenters. The van der Waals surface area contributed by atoms with Crippen LogP contribution >= 0.6 is 0 Å². The third kappa shape index (κ3) is 5.67. The average Bonchev–Trinajstić information content (AvgIpc) is 3.10. The smallest absolute Gasteiger partial charge is 0.203 e. The number of hydrogen-bond acceptors (Lipinski definition) is 4. The first-order valence-corrected chi connectivity index (χ1v) is 8.26. The van der Waals surface area contributed by atoms with E-state index in [2.05, 4.69) is 21.1 Å². The molecule has 1 aromatic heterocycles. The van der Waals surface area contributed by atoms with Gasteiger partial charge in [0.05, 0.1) is 18.4 Å². The van der Waals surface area contributed by atoms with Gasteiger partial charge in [-0.1, -0.05) is 12.8 Å². The number of nitrogens with zero attached hydrogens (tertiary/aromatic N) is 2. The molecule has 1 aliphatic rings. The summed E-state index contributed by atoms with van der Waals surface area (Å²) in [5.41, 5.74) is 1.05. The highest BCUT2D eigenvalue weighted by molar-refractivity contribution is 5.28. The van der Waals surface area contributed by atoms with E-state index in [-0.39, 0.29) is 0 Å². The molecule has 1 heterocycles. The van der Waals surface area contributed by atoms with E-state index in [9.17, 15) is 0 Å². The molecule has 5 heteroatoms. The topological polar surface area (TPSA) is 48.3 Å². The summed E-state index contributed by atoms with van der Waals surface area (Å²) in [6.45, 7) is 8.16. The molecule has 1 saturated carbocycles. The monoisotopic (exact) mass is 295 g/mol. The van der Waals surface area contributed by atoms with Gasteiger partial charge in [-0.2, -0.15) is 0 Å². The summed E-state index contributed by atoms with van der Waals surface area (Å²) in [4.78, 5) is 4.53. The predicted octanol–water partition coefficient (Wildman–Crippen LogP) is 2.99. The van der Waals surface area contributed by atoms with E-state index < -0.39 is 0 Å². The van der Waals surface area contributed by atoms with E-state index in [1.54, 1.807) is 0 Å². The Labute approximate surface area is 128 Å². The van der Waals surface area contributed by atoms with E-state index in [1.165, 1.54) is 25.7 Å². The van der Waals surface area contributed by atoms with E-state index in [4.69, 9.17) is 9.47 Å². The highest BCUT2D eigenvalue weighted by Gasteiger charge is 2.14. The van der Waals surface area contributed by atoms with Crippen molar-refractivity contribution in [1.82, 2.24) is 9.55 Å². The van der Waals surface area contributed by atoms with Crippen LogP contribution in [0.2, 0.25) is 0 Å². The highest BCUT2D eigenvalue weighted by atomic mass is 16.5. The molecule has 0 aromatic carbocycles. The molecular formula is C16H29N3O2. The quantitative estimate of drug-likeness (QED) is 0.674. The van der Waals surface area contributed by atoms with Gasteiger partial charge in [-0.3, -0.25) is 0 Å². The van der Waals surface area contributed by atoms with Crippen molar-refractivity contribution in [2.24, 2.45) is 0 Å². The minimum absolute atomic E-state index is 0.486. The predicted molar refractivity (Wildman–Crippen MR) is 84.8 cm³/mol. The molecule has 21 heavy (non-hydrogen) atoms. The Hall–Kier alpha value is -1.07. The molecule has 1 aliphatic carbocycles. The number of rotatable bonds is 10. The summed E-state index contributed by atoms with van der Waals surface area (Å²) in [6.07, 6.45) is 8.68. The summed E-state index contributed by atoms with van der Waals surface area (Å²) >= 11 is 0. The third-order valence-corrected chi connectivity index (χ3v) is 3.83. The van der Waals surface area contributed by atoms with Gasteiger partial charge < -0.3 is 19.4 Å². The molecule has 0 aliphatic heterocycles. The number of anilines is 1. The van der Waals surface area contributed by atoms with Crippen molar-refractivity contribution in [3.8, 4) is 0 Å². The van der Waals surface area contributed by atoms with Gasteiger partial charge >= 0.3 is 0 Å². The van der Waals surface area contributed by atoms with Gasteiger partial charge in [0.15, 0.2) is 0 Å². The standard InChI is InChI=1S/C16H29N3O2/c1-3-20-11-6-10-19-13-14(2)18-16(19)17-9-12-21-15-7-4-5-8-15/h13,15H,3-12H2,1-2H3,(H,17,18). The Balaban J connectivity index is 1.68. The zero-order valence-electron chi connectivity index (χ0n) is 13.4. The van der Waals surface area contributed by atoms with E-state index in [0.717, 1.165) is 51.0 Å². The first-order chi connectivity index (χ1) is 10.3. The molecule has 2 rings (SSSR count). The lowest BCUT2D eigenvalue weighted by molar-refractivity contribution is 0.0658. The molecule has 1 aromatic rings. The lowest BCUT2D eigenvalue weighted by Gasteiger charge is -2.13. The van der Waals surface area contributed by atoms with E-state index >= 15 is 0 Å². The van der Waals surface area contributed by atoms with Gasteiger partial charge in [-0.15, -0.1) is 0 Å². The molecule has 0 radical (unpaired) electrons. The Kier molecular flexibility index (Phi) is 7.03. The maximum Gasteiger partial charge on any atom is 0.203 e. The van der Waals surface area contributed by atoms with Gasteiger partial charge in [0, 0.05) is 32.5 Å². The van der Waals surface area contributed by atoms with Crippen LogP contribution in [0.4, 0.5) is 5.95 Å². The summed E-state index contributed by atoms with van der Waals surface area (Å²) in [5.74, 6) is 0.944. The second kappa shape index (κ2) is 9.05. The Bertz CT molecular complexity index is 400. The zero-order chi connectivity index (χ0) is 14.9. The second-order valence-corrected chi connectivity index (χ2v) is 5.65. The highest BCUT2D eigenvalue weighted by Crippen LogP contribution is 2.20. The molecule has 1 N–H and O–H groups in total. The summed E-state index contributed by atoms with van der Waals surface area (Å²) in [5, 5.41) is 3.38. The van der Waals surface area contributed by atoms with E-state index in [0.29, 0.717) is 6.10 Å². The van der Waals surface area contributed by atoms with Gasteiger partial charge in [0.1, 0.15) is 0 Å². The van der Waals surface area contributed by atoms with Crippen LogP contribution in [0.3, 0.4) is 0 Å². The van der Waals surface area contributed by atoms with Crippen LogP contribution in [-0.2, 0) is 16.0 Å².